The van der Waals surface area contributed by atoms with Gasteiger partial charge in [0, 0.05) is 11.5 Å². The second-order valence-corrected chi connectivity index (χ2v) is 5.89. The van der Waals surface area contributed by atoms with E-state index in [-0.39, 0.29) is 16.5 Å². The number of hydrogen-bond donors (Lipinski definition) is 0. The van der Waals surface area contributed by atoms with Gasteiger partial charge in [-0.1, -0.05) is 20.8 Å². The molecule has 1 heterocycles. The van der Waals surface area contributed by atoms with Gasteiger partial charge in [0.2, 0.25) is 0 Å². The van der Waals surface area contributed by atoms with Gasteiger partial charge >= 0.3 is 0 Å². The van der Waals surface area contributed by atoms with Crippen molar-refractivity contribution in [1.82, 2.24) is 9.78 Å². The van der Waals surface area contributed by atoms with Crippen LogP contribution in [0.25, 0.3) is 0 Å². The summed E-state index contributed by atoms with van der Waals surface area (Å²) in [5, 5.41) is 4.42. The van der Waals surface area contributed by atoms with E-state index in [0.717, 1.165) is 5.69 Å². The molecule has 0 spiro atoms. The zero-order chi connectivity index (χ0) is 11.9. The van der Waals surface area contributed by atoms with E-state index in [4.69, 9.17) is 0 Å². The molecule has 3 heteroatoms. The van der Waals surface area contributed by atoms with Gasteiger partial charge in [0.15, 0.2) is 0 Å². The second-order valence-electron chi connectivity index (χ2n) is 5.89. The Balaban J connectivity index is 3.37. The van der Waals surface area contributed by atoms with Crippen molar-refractivity contribution in [3.8, 4) is 0 Å². The predicted octanol–water partition coefficient (Wildman–Crippen LogP) is 2.30. The third-order valence-electron chi connectivity index (χ3n) is 2.20. The SMILES string of the molecule is CC(C)(C)c1ccc(=O)n(C(C)(C)C)n1. The van der Waals surface area contributed by atoms with Crippen LogP contribution in [0.5, 0.6) is 0 Å². The van der Waals surface area contributed by atoms with Crippen molar-refractivity contribution in [2.24, 2.45) is 0 Å². The van der Waals surface area contributed by atoms with Crippen LogP contribution in [0.1, 0.15) is 47.2 Å². The molecule has 0 N–H and O–H groups in total. The predicted molar refractivity (Wildman–Crippen MR) is 62.2 cm³/mol. The third kappa shape index (κ3) is 2.67. The normalized spacial score (nSPS) is 12.9. The summed E-state index contributed by atoms with van der Waals surface area (Å²) in [7, 11) is 0. The van der Waals surface area contributed by atoms with E-state index in [1.54, 1.807) is 10.7 Å². The minimum atomic E-state index is -0.266. The summed E-state index contributed by atoms with van der Waals surface area (Å²) >= 11 is 0. The minimum Gasteiger partial charge on any atom is -0.268 e. The van der Waals surface area contributed by atoms with Crippen LogP contribution in [0, 0.1) is 0 Å². The van der Waals surface area contributed by atoms with Gasteiger partial charge in [-0.3, -0.25) is 4.79 Å². The number of rotatable bonds is 0. The molecule has 84 valence electrons. The summed E-state index contributed by atoms with van der Waals surface area (Å²) in [5.41, 5.74) is 0.603. The first-order chi connectivity index (χ1) is 6.62. The molecule has 0 saturated heterocycles. The Morgan fingerprint density at radius 3 is 2.00 bits per heavy atom. The van der Waals surface area contributed by atoms with Gasteiger partial charge in [0.25, 0.3) is 5.56 Å². The van der Waals surface area contributed by atoms with Crippen LogP contribution in [0.15, 0.2) is 16.9 Å². The standard InChI is InChI=1S/C12H20N2O/c1-11(2,3)9-7-8-10(15)14(13-9)12(4,5)6/h7-8H,1-6H3. The molecule has 0 aliphatic carbocycles. The quantitative estimate of drug-likeness (QED) is 0.655. The summed E-state index contributed by atoms with van der Waals surface area (Å²) in [5.74, 6) is 0. The summed E-state index contributed by atoms with van der Waals surface area (Å²) in [6, 6.07) is 3.41. The van der Waals surface area contributed by atoms with E-state index in [0.29, 0.717) is 0 Å². The third-order valence-corrected chi connectivity index (χ3v) is 2.20. The molecule has 0 radical (unpaired) electrons. The van der Waals surface area contributed by atoms with E-state index in [2.05, 4.69) is 25.9 Å². The van der Waals surface area contributed by atoms with Crippen LogP contribution >= 0.6 is 0 Å². The smallest absolute Gasteiger partial charge is 0.267 e. The van der Waals surface area contributed by atoms with Crippen molar-refractivity contribution in [2.45, 2.75) is 52.5 Å². The second kappa shape index (κ2) is 3.47. The number of nitrogens with zero attached hydrogens (tertiary/aromatic N) is 2. The molecule has 0 aliphatic heterocycles. The van der Waals surface area contributed by atoms with Crippen LogP contribution in [0.2, 0.25) is 0 Å². The molecule has 0 atom stereocenters. The Bertz CT molecular complexity index is 405. The lowest BCUT2D eigenvalue weighted by molar-refractivity contribution is 0.327. The Kier molecular flexibility index (Phi) is 2.77. The highest BCUT2D eigenvalue weighted by molar-refractivity contribution is 5.11. The van der Waals surface area contributed by atoms with Gasteiger partial charge < -0.3 is 0 Å². The first kappa shape index (κ1) is 12.0. The Hall–Kier alpha value is -1.12. The van der Waals surface area contributed by atoms with E-state index in [1.807, 2.05) is 26.8 Å². The van der Waals surface area contributed by atoms with Crippen molar-refractivity contribution in [3.63, 3.8) is 0 Å². The van der Waals surface area contributed by atoms with Crippen LogP contribution < -0.4 is 5.56 Å². The Morgan fingerprint density at radius 2 is 1.60 bits per heavy atom. The molecule has 1 rings (SSSR count). The molecule has 0 aromatic carbocycles. The molecule has 0 unspecified atom stereocenters. The van der Waals surface area contributed by atoms with Crippen LogP contribution in [0.4, 0.5) is 0 Å². The van der Waals surface area contributed by atoms with Gasteiger partial charge in [-0.25, -0.2) is 4.68 Å². The van der Waals surface area contributed by atoms with Crippen LogP contribution in [0.3, 0.4) is 0 Å². The van der Waals surface area contributed by atoms with Gasteiger partial charge in [-0.05, 0) is 26.8 Å². The molecular formula is C12H20N2O. The zero-order valence-corrected chi connectivity index (χ0v) is 10.5. The fourth-order valence-corrected chi connectivity index (χ4v) is 1.29. The lowest BCUT2D eigenvalue weighted by Crippen LogP contribution is -2.37. The Morgan fingerprint density at radius 1 is 1.07 bits per heavy atom. The van der Waals surface area contributed by atoms with Crippen molar-refractivity contribution in [1.29, 1.82) is 0 Å². The average molecular weight is 208 g/mol. The highest BCUT2D eigenvalue weighted by atomic mass is 16.1. The first-order valence-electron chi connectivity index (χ1n) is 5.24. The summed E-state index contributed by atoms with van der Waals surface area (Å²) in [6.07, 6.45) is 0. The van der Waals surface area contributed by atoms with Crippen molar-refractivity contribution >= 4 is 0 Å². The molecule has 15 heavy (non-hydrogen) atoms. The van der Waals surface area contributed by atoms with Gasteiger partial charge in [0.05, 0.1) is 11.2 Å². The van der Waals surface area contributed by atoms with Crippen molar-refractivity contribution < 1.29 is 0 Å². The topological polar surface area (TPSA) is 34.9 Å². The van der Waals surface area contributed by atoms with Crippen LogP contribution in [-0.2, 0) is 11.0 Å². The molecule has 0 bridgehead atoms. The average Bonchev–Trinajstić information content (AvgIpc) is 2.00. The van der Waals surface area contributed by atoms with Crippen molar-refractivity contribution in [3.05, 3.63) is 28.2 Å². The fourth-order valence-electron chi connectivity index (χ4n) is 1.29. The molecule has 0 saturated carbocycles. The maximum absolute atomic E-state index is 11.6. The first-order valence-corrected chi connectivity index (χ1v) is 5.24. The lowest BCUT2D eigenvalue weighted by atomic mass is 9.92. The molecule has 0 amide bonds. The minimum absolute atomic E-state index is 0.0271. The highest BCUT2D eigenvalue weighted by Crippen LogP contribution is 2.19. The monoisotopic (exact) mass is 208 g/mol. The van der Waals surface area contributed by atoms with E-state index in [1.165, 1.54) is 0 Å². The summed E-state index contributed by atoms with van der Waals surface area (Å²) in [6.45, 7) is 12.2. The molecule has 1 aromatic rings. The fraction of sp³-hybridized carbons (Fsp3) is 0.667. The van der Waals surface area contributed by atoms with Gasteiger partial charge in [-0.15, -0.1) is 0 Å². The molecule has 0 fully saturated rings. The summed E-state index contributed by atoms with van der Waals surface area (Å²) < 4.78 is 1.55. The molecular weight excluding hydrogens is 188 g/mol. The molecule has 1 aromatic heterocycles. The molecule has 3 nitrogen and oxygen atoms in total. The molecule has 0 aliphatic rings. The lowest BCUT2D eigenvalue weighted by Gasteiger charge is -2.24. The maximum Gasteiger partial charge on any atom is 0.267 e. The number of hydrogen-bond acceptors (Lipinski definition) is 2. The largest absolute Gasteiger partial charge is 0.268 e. The van der Waals surface area contributed by atoms with E-state index in [9.17, 15) is 4.79 Å². The maximum atomic E-state index is 11.6. The highest BCUT2D eigenvalue weighted by Gasteiger charge is 2.21. The van der Waals surface area contributed by atoms with Gasteiger partial charge in [0.1, 0.15) is 0 Å². The summed E-state index contributed by atoms with van der Waals surface area (Å²) in [4.78, 5) is 11.6. The number of aromatic nitrogens is 2. The zero-order valence-electron chi connectivity index (χ0n) is 10.5. The van der Waals surface area contributed by atoms with Crippen LogP contribution in [-0.4, -0.2) is 9.78 Å². The van der Waals surface area contributed by atoms with Crippen molar-refractivity contribution in [2.75, 3.05) is 0 Å². The van der Waals surface area contributed by atoms with E-state index >= 15 is 0 Å². The Labute approximate surface area is 91.1 Å². The van der Waals surface area contributed by atoms with E-state index < -0.39 is 0 Å². The van der Waals surface area contributed by atoms with Gasteiger partial charge in [-0.2, -0.15) is 5.10 Å².